The highest BCUT2D eigenvalue weighted by Gasteiger charge is 2.49. The van der Waals surface area contributed by atoms with E-state index in [0.29, 0.717) is 0 Å². The van der Waals surface area contributed by atoms with Crippen LogP contribution in [0.25, 0.3) is 0 Å². The molecule has 1 aliphatic rings. The zero-order chi connectivity index (χ0) is 11.5. The summed E-state index contributed by atoms with van der Waals surface area (Å²) in [5.41, 5.74) is -1.57. The fraction of sp³-hybridized carbons (Fsp3) is 1.00. The van der Waals surface area contributed by atoms with Gasteiger partial charge in [0.15, 0.2) is 6.29 Å². The first-order valence-corrected chi connectivity index (χ1v) is 4.56. The van der Waals surface area contributed by atoms with Crippen LogP contribution in [0.5, 0.6) is 0 Å². The van der Waals surface area contributed by atoms with Crippen molar-refractivity contribution in [2.75, 3.05) is 20.3 Å². The molecule has 0 spiro atoms. The van der Waals surface area contributed by atoms with E-state index in [9.17, 15) is 15.1 Å². The Kier molecular flexibility index (Phi) is 4.12. The summed E-state index contributed by atoms with van der Waals surface area (Å²) in [4.78, 5) is 10.2. The molecular formula is C8H15NO6. The normalized spacial score (nSPS) is 41.5. The van der Waals surface area contributed by atoms with Crippen LogP contribution in [0.3, 0.4) is 0 Å². The van der Waals surface area contributed by atoms with Crippen molar-refractivity contribution in [1.29, 1.82) is 0 Å². The Labute approximate surface area is 86.6 Å². The molecule has 1 heterocycles. The Morgan fingerprint density at radius 2 is 2.27 bits per heavy atom. The molecule has 0 amide bonds. The molecule has 1 fully saturated rings. The van der Waals surface area contributed by atoms with Crippen molar-refractivity contribution in [3.63, 3.8) is 0 Å². The van der Waals surface area contributed by atoms with Gasteiger partial charge in [0.25, 0.3) is 0 Å². The summed E-state index contributed by atoms with van der Waals surface area (Å²) in [7, 11) is 1.37. The molecule has 88 valence electrons. The Morgan fingerprint density at radius 3 is 2.73 bits per heavy atom. The molecule has 3 unspecified atom stereocenters. The molecule has 3 N–H and O–H groups in total. The minimum atomic E-state index is -1.57. The molecule has 1 rings (SSSR count). The van der Waals surface area contributed by atoms with Gasteiger partial charge in [-0.3, -0.25) is 0 Å². The summed E-state index contributed by atoms with van der Waals surface area (Å²) in [6.07, 6.45) is -3.15. The van der Waals surface area contributed by atoms with Crippen molar-refractivity contribution in [3.8, 4) is 0 Å². The van der Waals surface area contributed by atoms with Crippen molar-refractivity contribution in [2.24, 2.45) is 5.18 Å². The Balaban J connectivity index is 2.85. The van der Waals surface area contributed by atoms with Gasteiger partial charge < -0.3 is 24.8 Å². The summed E-state index contributed by atoms with van der Waals surface area (Å²) in [5, 5.41) is 30.9. The topological polar surface area (TPSA) is 109 Å². The maximum atomic E-state index is 10.2. The lowest BCUT2D eigenvalue weighted by atomic mass is 9.88. The second kappa shape index (κ2) is 4.95. The number of methoxy groups -OCH3 is 1. The van der Waals surface area contributed by atoms with Crippen molar-refractivity contribution in [3.05, 3.63) is 4.91 Å². The maximum Gasteiger partial charge on any atom is 0.160 e. The van der Waals surface area contributed by atoms with Gasteiger partial charge >= 0.3 is 0 Å². The molecule has 0 bridgehead atoms. The van der Waals surface area contributed by atoms with Crippen LogP contribution < -0.4 is 0 Å². The Morgan fingerprint density at radius 1 is 1.60 bits per heavy atom. The minimum absolute atomic E-state index is 0.0816. The molecule has 0 radical (unpaired) electrons. The summed E-state index contributed by atoms with van der Waals surface area (Å²) in [6.45, 7) is -1.06. The molecule has 7 nitrogen and oxygen atoms in total. The lowest BCUT2D eigenvalue weighted by molar-refractivity contribution is -0.292. The van der Waals surface area contributed by atoms with Crippen LogP contribution >= 0.6 is 0 Å². The van der Waals surface area contributed by atoms with Crippen LogP contribution in [0.15, 0.2) is 5.18 Å². The molecular weight excluding hydrogens is 206 g/mol. The molecule has 0 aromatic heterocycles. The number of nitrogens with zero attached hydrogens (tertiary/aromatic N) is 1. The zero-order valence-electron chi connectivity index (χ0n) is 8.37. The number of aliphatic hydroxyl groups is 3. The van der Waals surface area contributed by atoms with Gasteiger partial charge in [-0.15, -0.1) is 0 Å². The van der Waals surface area contributed by atoms with E-state index in [1.54, 1.807) is 0 Å². The monoisotopic (exact) mass is 221 g/mol. The second-order valence-corrected chi connectivity index (χ2v) is 3.54. The van der Waals surface area contributed by atoms with Crippen molar-refractivity contribution >= 4 is 0 Å². The summed E-state index contributed by atoms with van der Waals surface area (Å²) < 4.78 is 10.1. The predicted octanol–water partition coefficient (Wildman–Crippen LogP) is -1.40. The summed E-state index contributed by atoms with van der Waals surface area (Å²) >= 11 is 0. The van der Waals surface area contributed by atoms with E-state index in [-0.39, 0.29) is 6.42 Å². The van der Waals surface area contributed by atoms with Crippen LogP contribution in [0, 0.1) is 4.91 Å². The van der Waals surface area contributed by atoms with E-state index in [2.05, 4.69) is 5.18 Å². The molecule has 4 atom stereocenters. The molecule has 1 saturated heterocycles. The highest BCUT2D eigenvalue weighted by Crippen LogP contribution is 2.30. The third-order valence-corrected chi connectivity index (χ3v) is 2.57. The highest BCUT2D eigenvalue weighted by molar-refractivity contribution is 4.97. The summed E-state index contributed by atoms with van der Waals surface area (Å²) in [6, 6.07) is 0. The lowest BCUT2D eigenvalue weighted by Gasteiger charge is -2.43. The maximum absolute atomic E-state index is 10.2. The number of rotatable bonds is 4. The van der Waals surface area contributed by atoms with E-state index < -0.39 is 37.3 Å². The van der Waals surface area contributed by atoms with Gasteiger partial charge in [-0.2, -0.15) is 4.91 Å². The van der Waals surface area contributed by atoms with E-state index in [1.165, 1.54) is 7.11 Å². The fourth-order valence-electron chi connectivity index (χ4n) is 1.62. The van der Waals surface area contributed by atoms with Crippen LogP contribution in [-0.2, 0) is 9.47 Å². The second-order valence-electron chi connectivity index (χ2n) is 3.54. The molecule has 0 aromatic carbocycles. The number of ether oxygens (including phenoxy) is 2. The Bertz CT molecular complexity index is 225. The standard InChI is InChI=1S/C8H15NO6/c1-14-6-2-5(11)7(12)8(4-10,15-6)3-9-13/h5-7,10-12H,2-4H2,1H3/t5?,6?,7-,8?/m1/s1. The number of hydrogen-bond acceptors (Lipinski definition) is 7. The third kappa shape index (κ3) is 2.32. The van der Waals surface area contributed by atoms with Gasteiger partial charge in [-0.25, -0.2) is 0 Å². The molecule has 7 heteroatoms. The van der Waals surface area contributed by atoms with Crippen molar-refractivity contribution in [2.45, 2.75) is 30.5 Å². The first kappa shape index (κ1) is 12.5. The zero-order valence-corrected chi connectivity index (χ0v) is 8.37. The highest BCUT2D eigenvalue weighted by atomic mass is 16.7. The van der Waals surface area contributed by atoms with Gasteiger partial charge in [-0.1, -0.05) is 5.18 Å². The van der Waals surface area contributed by atoms with Gasteiger partial charge in [0.1, 0.15) is 18.2 Å². The first-order valence-electron chi connectivity index (χ1n) is 4.56. The number of nitroso groups, excluding NO2 is 1. The van der Waals surface area contributed by atoms with E-state index >= 15 is 0 Å². The average molecular weight is 221 g/mol. The molecule has 0 saturated carbocycles. The van der Waals surface area contributed by atoms with Crippen LogP contribution in [-0.4, -0.2) is 59.7 Å². The minimum Gasteiger partial charge on any atom is -0.393 e. The molecule has 15 heavy (non-hydrogen) atoms. The van der Waals surface area contributed by atoms with Gasteiger partial charge in [-0.05, 0) is 0 Å². The van der Waals surface area contributed by atoms with Crippen LogP contribution in [0.1, 0.15) is 6.42 Å². The fourth-order valence-corrected chi connectivity index (χ4v) is 1.62. The average Bonchev–Trinajstić information content (AvgIpc) is 2.24. The van der Waals surface area contributed by atoms with E-state index in [1.807, 2.05) is 0 Å². The number of hydrogen-bond donors (Lipinski definition) is 3. The first-order chi connectivity index (χ1) is 7.09. The predicted molar refractivity (Wildman–Crippen MR) is 49.0 cm³/mol. The summed E-state index contributed by atoms with van der Waals surface area (Å²) in [5.74, 6) is 0. The van der Waals surface area contributed by atoms with Gasteiger partial charge in [0.2, 0.25) is 0 Å². The van der Waals surface area contributed by atoms with Crippen LogP contribution in [0.2, 0.25) is 0 Å². The quantitative estimate of drug-likeness (QED) is 0.504. The lowest BCUT2D eigenvalue weighted by Crippen LogP contribution is -2.62. The molecule has 1 aliphatic heterocycles. The van der Waals surface area contributed by atoms with Gasteiger partial charge in [0, 0.05) is 13.5 Å². The third-order valence-electron chi connectivity index (χ3n) is 2.57. The largest absolute Gasteiger partial charge is 0.393 e. The van der Waals surface area contributed by atoms with E-state index in [4.69, 9.17) is 14.6 Å². The van der Waals surface area contributed by atoms with E-state index in [0.717, 1.165) is 0 Å². The smallest absolute Gasteiger partial charge is 0.160 e. The molecule has 0 aliphatic carbocycles. The van der Waals surface area contributed by atoms with Crippen molar-refractivity contribution in [1.82, 2.24) is 0 Å². The van der Waals surface area contributed by atoms with Gasteiger partial charge in [0.05, 0.1) is 12.7 Å². The SMILES string of the molecule is COC1CC(O)[C@@H](O)C(CO)(CN=O)O1. The van der Waals surface area contributed by atoms with Crippen LogP contribution in [0.4, 0.5) is 0 Å². The van der Waals surface area contributed by atoms with Crippen molar-refractivity contribution < 1.29 is 24.8 Å². The number of aliphatic hydroxyl groups excluding tert-OH is 3. The molecule has 0 aromatic rings. The Hall–Kier alpha value is -0.600.